The Hall–Kier alpha value is -2.91. The van der Waals surface area contributed by atoms with E-state index in [-0.39, 0.29) is 23.5 Å². The van der Waals surface area contributed by atoms with Crippen LogP contribution < -0.4 is 4.74 Å². The highest BCUT2D eigenvalue weighted by molar-refractivity contribution is 7.89. The van der Waals surface area contributed by atoms with E-state index in [1.807, 2.05) is 24.5 Å². The van der Waals surface area contributed by atoms with E-state index in [4.69, 9.17) is 4.74 Å². The van der Waals surface area contributed by atoms with Crippen LogP contribution in [0.25, 0.3) is 11.0 Å². The van der Waals surface area contributed by atoms with Gasteiger partial charge in [-0.2, -0.15) is 4.31 Å². The molecular weight excluding hydrogens is 418 g/mol. The van der Waals surface area contributed by atoms with Gasteiger partial charge in [-0.15, -0.1) is 0 Å². The maximum atomic E-state index is 13.1. The summed E-state index contributed by atoms with van der Waals surface area (Å²) in [4.78, 5) is 15.8. The van der Waals surface area contributed by atoms with E-state index >= 15 is 0 Å². The fourth-order valence-corrected chi connectivity index (χ4v) is 5.51. The van der Waals surface area contributed by atoms with E-state index in [1.165, 1.54) is 4.31 Å². The lowest BCUT2D eigenvalue weighted by molar-refractivity contribution is -0.136. The first-order chi connectivity index (χ1) is 14.8. The first-order valence-corrected chi connectivity index (χ1v) is 11.6. The quantitative estimate of drug-likeness (QED) is 0.602. The standard InChI is InChI=1S/C22H25N3O5S/c1-15(2)30-18-5-7-19(8-6-18)31(28,29)24-11-9-17(14-24)25-13-16(12-21(26)27)22-20(25)4-3-10-23-22/h3-8,10,13,15,17H,9,11-12,14H2,1-2H3,(H,26,27)/t17-/m1/s1. The smallest absolute Gasteiger partial charge is 0.307 e. The zero-order valence-electron chi connectivity index (χ0n) is 17.4. The molecule has 9 heteroatoms. The lowest BCUT2D eigenvalue weighted by atomic mass is 10.2. The van der Waals surface area contributed by atoms with Crippen molar-refractivity contribution in [3.63, 3.8) is 0 Å². The van der Waals surface area contributed by atoms with Crippen molar-refractivity contribution in [3.8, 4) is 5.75 Å². The first kappa shape index (κ1) is 21.3. The van der Waals surface area contributed by atoms with Crippen LogP contribution in [0, 0.1) is 0 Å². The summed E-state index contributed by atoms with van der Waals surface area (Å²) in [5, 5.41) is 9.21. The van der Waals surface area contributed by atoms with Gasteiger partial charge in [-0.1, -0.05) is 0 Å². The second-order valence-electron chi connectivity index (χ2n) is 7.95. The van der Waals surface area contributed by atoms with Crippen molar-refractivity contribution in [2.45, 2.75) is 43.7 Å². The Bertz CT molecular complexity index is 1200. The van der Waals surface area contributed by atoms with E-state index in [9.17, 15) is 18.3 Å². The summed E-state index contributed by atoms with van der Waals surface area (Å²) in [6, 6.07) is 10.1. The molecule has 164 valence electrons. The van der Waals surface area contributed by atoms with Gasteiger partial charge in [0.05, 0.1) is 28.5 Å². The molecule has 8 nitrogen and oxygen atoms in total. The molecule has 0 spiro atoms. The minimum Gasteiger partial charge on any atom is -0.491 e. The average molecular weight is 444 g/mol. The Balaban J connectivity index is 1.57. The molecule has 4 rings (SSSR count). The summed E-state index contributed by atoms with van der Waals surface area (Å²) in [6.45, 7) is 4.54. The summed E-state index contributed by atoms with van der Waals surface area (Å²) in [5.41, 5.74) is 2.09. The molecule has 3 aromatic rings. The molecule has 0 unspecified atom stereocenters. The number of sulfonamides is 1. The van der Waals surface area contributed by atoms with Crippen LogP contribution in [0.5, 0.6) is 5.75 Å². The largest absolute Gasteiger partial charge is 0.491 e. The molecule has 1 aliphatic heterocycles. The van der Waals surface area contributed by atoms with Crippen molar-refractivity contribution in [3.05, 3.63) is 54.4 Å². The van der Waals surface area contributed by atoms with Crippen LogP contribution in [0.4, 0.5) is 0 Å². The number of aromatic nitrogens is 2. The number of nitrogens with zero attached hydrogens (tertiary/aromatic N) is 3. The van der Waals surface area contributed by atoms with Gasteiger partial charge in [-0.3, -0.25) is 9.78 Å². The molecule has 31 heavy (non-hydrogen) atoms. The third-order valence-electron chi connectivity index (χ3n) is 5.36. The van der Waals surface area contributed by atoms with Crippen LogP contribution in [0.15, 0.2) is 53.7 Å². The minimum absolute atomic E-state index is 0.0127. The predicted molar refractivity (Wildman–Crippen MR) is 116 cm³/mol. The van der Waals surface area contributed by atoms with Crippen molar-refractivity contribution < 1.29 is 23.1 Å². The Morgan fingerprint density at radius 1 is 1.26 bits per heavy atom. The number of rotatable bonds is 7. The topological polar surface area (TPSA) is 102 Å². The van der Waals surface area contributed by atoms with E-state index in [2.05, 4.69) is 4.98 Å². The Morgan fingerprint density at radius 3 is 2.68 bits per heavy atom. The van der Waals surface area contributed by atoms with E-state index < -0.39 is 16.0 Å². The average Bonchev–Trinajstić information content (AvgIpc) is 3.34. The lowest BCUT2D eigenvalue weighted by Crippen LogP contribution is -2.29. The SMILES string of the molecule is CC(C)Oc1ccc(S(=O)(=O)N2CC[C@@H](n3cc(CC(=O)O)c4ncccc43)C2)cc1. The van der Waals surface area contributed by atoms with Crippen molar-refractivity contribution in [2.24, 2.45) is 0 Å². The zero-order chi connectivity index (χ0) is 22.2. The summed E-state index contributed by atoms with van der Waals surface area (Å²) in [7, 11) is -3.64. The number of carbonyl (C=O) groups is 1. The number of aliphatic carboxylic acids is 1. The molecule has 2 aromatic heterocycles. The van der Waals surface area contributed by atoms with Crippen LogP contribution in [-0.4, -0.2) is 52.5 Å². The molecule has 0 bridgehead atoms. The van der Waals surface area contributed by atoms with Crippen LogP contribution in [0.1, 0.15) is 31.9 Å². The monoisotopic (exact) mass is 443 g/mol. The number of hydrogen-bond acceptors (Lipinski definition) is 5. The Morgan fingerprint density at radius 2 is 2.00 bits per heavy atom. The van der Waals surface area contributed by atoms with Crippen molar-refractivity contribution in [1.29, 1.82) is 0 Å². The van der Waals surface area contributed by atoms with Gasteiger partial charge in [0, 0.05) is 37.1 Å². The molecule has 1 aromatic carbocycles. The normalized spacial score (nSPS) is 17.5. The van der Waals surface area contributed by atoms with E-state index in [0.717, 1.165) is 5.52 Å². The van der Waals surface area contributed by atoms with Crippen LogP contribution in [0.2, 0.25) is 0 Å². The molecule has 0 amide bonds. The van der Waals surface area contributed by atoms with Crippen LogP contribution in [0.3, 0.4) is 0 Å². The zero-order valence-corrected chi connectivity index (χ0v) is 18.2. The van der Waals surface area contributed by atoms with Gasteiger partial charge >= 0.3 is 5.97 Å². The third kappa shape index (κ3) is 4.28. The number of carboxylic acid groups (broad SMARTS) is 1. The summed E-state index contributed by atoms with van der Waals surface area (Å²) in [5.74, 6) is -0.296. The number of hydrogen-bond donors (Lipinski definition) is 1. The molecule has 1 atom stereocenters. The van der Waals surface area contributed by atoms with Gasteiger partial charge in [0.1, 0.15) is 5.75 Å². The van der Waals surface area contributed by atoms with Crippen molar-refractivity contribution in [1.82, 2.24) is 13.9 Å². The van der Waals surface area contributed by atoms with Gasteiger partial charge < -0.3 is 14.4 Å². The van der Waals surface area contributed by atoms with Gasteiger partial charge in [0.25, 0.3) is 0 Å². The van der Waals surface area contributed by atoms with Gasteiger partial charge in [-0.05, 0) is 56.7 Å². The summed E-state index contributed by atoms with van der Waals surface area (Å²) >= 11 is 0. The molecule has 1 fully saturated rings. The highest BCUT2D eigenvalue weighted by Gasteiger charge is 2.34. The Labute approximate surface area is 181 Å². The lowest BCUT2D eigenvalue weighted by Gasteiger charge is -2.18. The molecule has 0 saturated carbocycles. The molecule has 3 heterocycles. The van der Waals surface area contributed by atoms with E-state index in [0.29, 0.717) is 36.3 Å². The summed E-state index contributed by atoms with van der Waals surface area (Å²) < 4.78 is 35.3. The second kappa shape index (κ2) is 8.32. The number of carboxylic acids is 1. The number of fused-ring (bicyclic) bond motifs is 1. The van der Waals surface area contributed by atoms with Gasteiger partial charge in [-0.25, -0.2) is 8.42 Å². The Kier molecular flexibility index (Phi) is 5.72. The fourth-order valence-electron chi connectivity index (χ4n) is 4.01. The maximum absolute atomic E-state index is 13.1. The molecule has 1 aliphatic rings. The van der Waals surface area contributed by atoms with Crippen molar-refractivity contribution >= 4 is 27.0 Å². The van der Waals surface area contributed by atoms with Gasteiger partial charge in [0.2, 0.25) is 10.0 Å². The molecule has 1 saturated heterocycles. The molecular formula is C22H25N3O5S. The molecule has 0 aliphatic carbocycles. The second-order valence-corrected chi connectivity index (χ2v) is 9.88. The fraction of sp³-hybridized carbons (Fsp3) is 0.364. The van der Waals surface area contributed by atoms with Crippen molar-refractivity contribution in [2.75, 3.05) is 13.1 Å². The first-order valence-electron chi connectivity index (χ1n) is 10.2. The maximum Gasteiger partial charge on any atom is 0.307 e. The summed E-state index contributed by atoms with van der Waals surface area (Å²) in [6.07, 6.45) is 3.96. The number of pyridine rings is 1. The van der Waals surface area contributed by atoms with Crippen LogP contribution in [-0.2, 0) is 21.2 Å². The highest BCUT2D eigenvalue weighted by atomic mass is 32.2. The number of benzene rings is 1. The minimum atomic E-state index is -3.64. The predicted octanol–water partition coefficient (Wildman–Crippen LogP) is 3.09. The van der Waals surface area contributed by atoms with Gasteiger partial charge in [0.15, 0.2) is 0 Å². The number of ether oxygens (including phenoxy) is 1. The third-order valence-corrected chi connectivity index (χ3v) is 7.24. The van der Waals surface area contributed by atoms with Crippen LogP contribution >= 0.6 is 0 Å². The molecule has 1 N–H and O–H groups in total. The van der Waals surface area contributed by atoms with E-state index in [1.54, 1.807) is 42.7 Å². The molecule has 0 radical (unpaired) electrons. The highest BCUT2D eigenvalue weighted by Crippen LogP contribution is 2.32.